The van der Waals surface area contributed by atoms with Gasteiger partial charge >= 0.3 is 0 Å². The highest BCUT2D eigenvalue weighted by Crippen LogP contribution is 2.41. The molecule has 0 bridgehead atoms. The lowest BCUT2D eigenvalue weighted by Crippen LogP contribution is -2.30. The molecule has 1 aliphatic rings. The summed E-state index contributed by atoms with van der Waals surface area (Å²) >= 11 is 6.24. The molecule has 0 aliphatic carbocycles. The van der Waals surface area contributed by atoms with Gasteiger partial charge in [-0.2, -0.15) is 0 Å². The molecule has 0 spiro atoms. The average molecular weight is 332 g/mol. The van der Waals surface area contributed by atoms with E-state index < -0.39 is 17.7 Å². The van der Waals surface area contributed by atoms with Crippen LogP contribution in [0, 0.1) is 0 Å². The zero-order valence-corrected chi connectivity index (χ0v) is 13.1. The van der Waals surface area contributed by atoms with Gasteiger partial charge in [0.25, 0.3) is 5.91 Å². The lowest BCUT2D eigenvalue weighted by Gasteiger charge is -2.26. The molecule has 6 heteroatoms. The maximum absolute atomic E-state index is 12.4. The molecule has 1 atom stereocenters. The van der Waals surface area contributed by atoms with E-state index in [2.05, 4.69) is 0 Å². The van der Waals surface area contributed by atoms with Gasteiger partial charge in [0.15, 0.2) is 11.5 Å². The number of nitrogens with zero attached hydrogens (tertiary/aromatic N) is 1. The van der Waals surface area contributed by atoms with Gasteiger partial charge in [-0.1, -0.05) is 29.8 Å². The number of benzene rings is 1. The van der Waals surface area contributed by atoms with E-state index in [1.165, 1.54) is 18.1 Å². The molecule has 23 heavy (non-hydrogen) atoms. The summed E-state index contributed by atoms with van der Waals surface area (Å²) in [5.41, 5.74) is 0.637. The van der Waals surface area contributed by atoms with Gasteiger partial charge in [0.05, 0.1) is 24.4 Å². The van der Waals surface area contributed by atoms with Crippen molar-refractivity contribution < 1.29 is 19.1 Å². The number of halogens is 1. The molecule has 0 radical (unpaired) electrons. The zero-order valence-electron chi connectivity index (χ0n) is 12.3. The molecule has 1 N–H and O–H groups in total. The fourth-order valence-electron chi connectivity index (χ4n) is 2.77. The number of amides is 1. The number of furan rings is 1. The van der Waals surface area contributed by atoms with Gasteiger partial charge in [-0.05, 0) is 30.7 Å². The van der Waals surface area contributed by atoms with E-state index in [4.69, 9.17) is 16.0 Å². The number of ketones is 1. The second kappa shape index (κ2) is 5.93. The van der Waals surface area contributed by atoms with E-state index in [0.29, 0.717) is 16.3 Å². The van der Waals surface area contributed by atoms with Crippen molar-refractivity contribution in [2.75, 3.05) is 0 Å². The van der Waals surface area contributed by atoms with Crippen LogP contribution in [-0.2, 0) is 16.1 Å². The number of hydrogen-bond donors (Lipinski definition) is 1. The minimum absolute atomic E-state index is 0.0506. The van der Waals surface area contributed by atoms with Gasteiger partial charge in [-0.25, -0.2) is 0 Å². The summed E-state index contributed by atoms with van der Waals surface area (Å²) in [6, 6.07) is 9.63. The summed E-state index contributed by atoms with van der Waals surface area (Å²) in [6.45, 7) is 1.45. The first-order valence-corrected chi connectivity index (χ1v) is 7.40. The number of aliphatic hydroxyl groups is 1. The number of Topliss-reactive ketones (excluding diaryl/α,β-unsaturated/α-hetero) is 1. The highest BCUT2D eigenvalue weighted by molar-refractivity contribution is 6.31. The Balaban J connectivity index is 2.10. The second-order valence-corrected chi connectivity index (χ2v) is 5.66. The summed E-state index contributed by atoms with van der Waals surface area (Å²) in [6.07, 6.45) is 1.50. The molecule has 0 fully saturated rings. The predicted molar refractivity (Wildman–Crippen MR) is 83.8 cm³/mol. The van der Waals surface area contributed by atoms with E-state index in [9.17, 15) is 14.7 Å². The molecule has 1 amide bonds. The Morgan fingerprint density at radius 3 is 2.65 bits per heavy atom. The van der Waals surface area contributed by atoms with Crippen LogP contribution in [0.15, 0.2) is 58.4 Å². The Bertz CT molecular complexity index is 795. The first-order chi connectivity index (χ1) is 11.0. The first kappa shape index (κ1) is 15.4. The predicted octanol–water partition coefficient (Wildman–Crippen LogP) is 3.42. The molecule has 3 rings (SSSR count). The molecular formula is C17H14ClNO4. The summed E-state index contributed by atoms with van der Waals surface area (Å²) in [7, 11) is 0. The molecule has 118 valence electrons. The van der Waals surface area contributed by atoms with E-state index in [-0.39, 0.29) is 17.9 Å². The molecule has 0 saturated heterocycles. The van der Waals surface area contributed by atoms with Gasteiger partial charge in [0.1, 0.15) is 5.76 Å². The maximum Gasteiger partial charge on any atom is 0.290 e. The van der Waals surface area contributed by atoms with Crippen molar-refractivity contribution in [1.29, 1.82) is 0 Å². The Kier molecular flexibility index (Phi) is 3.96. The molecule has 1 aromatic carbocycles. The fourth-order valence-corrected chi connectivity index (χ4v) is 3.01. The summed E-state index contributed by atoms with van der Waals surface area (Å²) in [5, 5.41) is 10.6. The normalized spacial score (nSPS) is 17.9. The molecule has 2 aromatic rings. The second-order valence-electron chi connectivity index (χ2n) is 5.25. The highest BCUT2D eigenvalue weighted by Gasteiger charge is 2.43. The molecule has 1 aliphatic heterocycles. The van der Waals surface area contributed by atoms with Gasteiger partial charge < -0.3 is 14.4 Å². The summed E-state index contributed by atoms with van der Waals surface area (Å²) in [5.74, 6) is -0.971. The van der Waals surface area contributed by atoms with Crippen LogP contribution in [0.4, 0.5) is 0 Å². The van der Waals surface area contributed by atoms with Gasteiger partial charge in [0.2, 0.25) is 0 Å². The third-order valence-corrected chi connectivity index (χ3v) is 4.13. The van der Waals surface area contributed by atoms with Crippen molar-refractivity contribution in [3.63, 3.8) is 0 Å². The number of aliphatic hydroxyl groups excluding tert-OH is 1. The Labute approximate surface area is 137 Å². The highest BCUT2D eigenvalue weighted by atomic mass is 35.5. The van der Waals surface area contributed by atoms with Crippen LogP contribution in [0.25, 0.3) is 0 Å². The van der Waals surface area contributed by atoms with E-state index in [1.54, 1.807) is 36.4 Å². The number of carbonyl (C=O) groups excluding carboxylic acids is 2. The van der Waals surface area contributed by atoms with Crippen LogP contribution in [0.2, 0.25) is 5.02 Å². The lowest BCUT2D eigenvalue weighted by molar-refractivity contribution is -0.130. The summed E-state index contributed by atoms with van der Waals surface area (Å²) < 4.78 is 5.28. The smallest absolute Gasteiger partial charge is 0.290 e. The zero-order chi connectivity index (χ0) is 16.6. The topological polar surface area (TPSA) is 70.8 Å². The molecule has 1 aromatic heterocycles. The number of rotatable bonds is 4. The van der Waals surface area contributed by atoms with E-state index >= 15 is 0 Å². The molecule has 2 heterocycles. The molecule has 5 nitrogen and oxygen atoms in total. The van der Waals surface area contributed by atoms with Gasteiger partial charge in [-0.15, -0.1) is 0 Å². The van der Waals surface area contributed by atoms with Gasteiger partial charge in [0, 0.05) is 5.02 Å². The third kappa shape index (κ3) is 2.64. The van der Waals surface area contributed by atoms with Crippen molar-refractivity contribution in [3.05, 3.63) is 70.3 Å². The van der Waals surface area contributed by atoms with Crippen molar-refractivity contribution in [2.45, 2.75) is 19.5 Å². The van der Waals surface area contributed by atoms with Crippen molar-refractivity contribution in [1.82, 2.24) is 4.90 Å². The Morgan fingerprint density at radius 2 is 2.04 bits per heavy atom. The SMILES string of the molecule is CC(=O)C1=C(O)C(=O)N(Cc2ccco2)[C@@H]1c1ccccc1Cl. The van der Waals surface area contributed by atoms with Crippen LogP contribution in [0.5, 0.6) is 0 Å². The average Bonchev–Trinajstić information content (AvgIpc) is 3.10. The largest absolute Gasteiger partial charge is 0.503 e. The summed E-state index contributed by atoms with van der Waals surface area (Å²) in [4.78, 5) is 25.8. The third-order valence-electron chi connectivity index (χ3n) is 3.79. The Morgan fingerprint density at radius 1 is 1.30 bits per heavy atom. The van der Waals surface area contributed by atoms with Crippen LogP contribution >= 0.6 is 11.6 Å². The minimum atomic E-state index is -0.737. The van der Waals surface area contributed by atoms with E-state index in [1.807, 2.05) is 0 Å². The first-order valence-electron chi connectivity index (χ1n) is 7.02. The van der Waals surface area contributed by atoms with Crippen LogP contribution in [0.1, 0.15) is 24.3 Å². The van der Waals surface area contributed by atoms with Crippen molar-refractivity contribution >= 4 is 23.3 Å². The Hall–Kier alpha value is -2.53. The van der Waals surface area contributed by atoms with Crippen LogP contribution in [0.3, 0.4) is 0 Å². The quantitative estimate of drug-likeness (QED) is 0.932. The monoisotopic (exact) mass is 331 g/mol. The number of hydrogen-bond acceptors (Lipinski definition) is 4. The fraction of sp³-hybridized carbons (Fsp3) is 0.176. The lowest BCUT2D eigenvalue weighted by atomic mass is 9.96. The number of carbonyl (C=O) groups is 2. The maximum atomic E-state index is 12.4. The van der Waals surface area contributed by atoms with E-state index in [0.717, 1.165) is 0 Å². The van der Waals surface area contributed by atoms with Crippen LogP contribution in [-0.4, -0.2) is 21.7 Å². The minimum Gasteiger partial charge on any atom is -0.503 e. The molecule has 0 saturated carbocycles. The van der Waals surface area contributed by atoms with Crippen molar-refractivity contribution in [2.24, 2.45) is 0 Å². The molecule has 0 unspecified atom stereocenters. The van der Waals surface area contributed by atoms with Crippen molar-refractivity contribution in [3.8, 4) is 0 Å². The van der Waals surface area contributed by atoms with Gasteiger partial charge in [-0.3, -0.25) is 9.59 Å². The standard InChI is InChI=1S/C17H14ClNO4/c1-10(20)14-15(12-6-2-3-7-13(12)18)19(17(22)16(14)21)9-11-5-4-8-23-11/h2-8,15,21H,9H2,1H3/t15-/m1/s1. The molecular weight excluding hydrogens is 318 g/mol. The van der Waals surface area contributed by atoms with Crippen LogP contribution < -0.4 is 0 Å².